The third-order valence-electron chi connectivity index (χ3n) is 5.03. The molecule has 0 radical (unpaired) electrons. The number of esters is 1. The third kappa shape index (κ3) is 8.92. The van der Waals surface area contributed by atoms with Crippen LogP contribution in [0.3, 0.4) is 0 Å². The molecule has 0 spiro atoms. The lowest BCUT2D eigenvalue weighted by Crippen LogP contribution is -2.28. The Morgan fingerprint density at radius 3 is 2.58 bits per heavy atom. The Labute approximate surface area is 183 Å². The van der Waals surface area contributed by atoms with Crippen molar-refractivity contribution in [1.29, 1.82) is 0 Å². The second-order valence-electron chi connectivity index (χ2n) is 7.69. The molecule has 1 aromatic heterocycles. The Morgan fingerprint density at radius 2 is 1.97 bits per heavy atom. The number of Topliss-reactive ketones (excluding diaryl/α,β-unsaturated/α-hetero) is 1. The number of unbranched alkanes of at least 4 members (excludes halogenated alkanes) is 3. The third-order valence-corrected chi connectivity index (χ3v) is 5.03. The van der Waals surface area contributed by atoms with Crippen LogP contribution in [0.2, 0.25) is 0 Å². The molecule has 1 heterocycles. The summed E-state index contributed by atoms with van der Waals surface area (Å²) in [4.78, 5) is 36.0. The number of aliphatic hydroxyl groups excluding tert-OH is 1. The predicted molar refractivity (Wildman–Crippen MR) is 118 cm³/mol. The molecule has 0 saturated heterocycles. The van der Waals surface area contributed by atoms with E-state index in [-0.39, 0.29) is 5.76 Å². The van der Waals surface area contributed by atoms with E-state index < -0.39 is 40.7 Å². The fraction of sp³-hybridized carbons (Fsp3) is 0.542. The van der Waals surface area contributed by atoms with Crippen LogP contribution in [-0.2, 0) is 16.0 Å². The maximum absolute atomic E-state index is 12.7. The van der Waals surface area contributed by atoms with E-state index in [1.165, 1.54) is 26.2 Å². The summed E-state index contributed by atoms with van der Waals surface area (Å²) in [6.45, 7) is 5.53. The van der Waals surface area contributed by atoms with E-state index >= 15 is 0 Å². The lowest BCUT2D eigenvalue weighted by atomic mass is 9.92. The zero-order valence-corrected chi connectivity index (χ0v) is 18.8. The molecule has 0 aliphatic carbocycles. The molecule has 172 valence electrons. The van der Waals surface area contributed by atoms with E-state index in [2.05, 4.69) is 11.7 Å². The smallest absolute Gasteiger partial charge is 0.350 e. The first kappa shape index (κ1) is 26.4. The van der Waals surface area contributed by atoms with Gasteiger partial charge in [-0.25, -0.2) is 9.59 Å². The number of ether oxygens (including phenoxy) is 1. The van der Waals surface area contributed by atoms with Crippen LogP contribution < -0.4 is 5.63 Å². The van der Waals surface area contributed by atoms with Crippen LogP contribution in [-0.4, -0.2) is 35.2 Å². The fourth-order valence-corrected chi connectivity index (χ4v) is 3.08. The van der Waals surface area contributed by atoms with Crippen molar-refractivity contribution in [2.45, 2.75) is 71.8 Å². The predicted octanol–water partition coefficient (Wildman–Crippen LogP) is 4.10. The highest BCUT2D eigenvalue weighted by atomic mass is 16.5. The summed E-state index contributed by atoms with van der Waals surface area (Å²) in [6, 6.07) is 1.25. The monoisotopic (exact) mass is 434 g/mol. The van der Waals surface area contributed by atoms with Crippen molar-refractivity contribution >= 4 is 11.8 Å². The number of hydrogen-bond acceptors (Lipinski definition) is 7. The van der Waals surface area contributed by atoms with E-state index in [9.17, 15) is 24.6 Å². The van der Waals surface area contributed by atoms with Gasteiger partial charge >= 0.3 is 11.6 Å². The van der Waals surface area contributed by atoms with Gasteiger partial charge in [0.2, 0.25) is 0 Å². The average molecular weight is 435 g/mol. The topological polar surface area (TPSA) is 114 Å². The molecule has 0 amide bonds. The number of carbonyl (C=O) groups is 2. The Balaban J connectivity index is 2.80. The first-order chi connectivity index (χ1) is 14.7. The number of carbonyl (C=O) groups excluding carboxylic acids is 2. The number of rotatable bonds is 13. The van der Waals surface area contributed by atoms with Crippen molar-refractivity contribution in [3.63, 3.8) is 0 Å². The Kier molecular flexibility index (Phi) is 11.6. The largest absolute Gasteiger partial charge is 0.507 e. The molecule has 2 N–H and O–H groups in total. The van der Waals surface area contributed by atoms with E-state index in [0.717, 1.165) is 31.3 Å². The van der Waals surface area contributed by atoms with Gasteiger partial charge in [0.05, 0.1) is 13.2 Å². The molecule has 1 rings (SSSR count). The van der Waals surface area contributed by atoms with Crippen LogP contribution >= 0.6 is 0 Å². The average Bonchev–Trinajstić information content (AvgIpc) is 2.72. The molecule has 2 atom stereocenters. The molecule has 2 unspecified atom stereocenters. The standard InChI is InChI=1S/C24H34O7/c1-5-6-8-11-16(2)14-19(25)17(3)23(28)22-20(26)15-18(31-24(22)29)12-9-7-10-13-21(27)30-4/h10,13-15,17,19,25-26H,5-9,11-12H2,1-4H3/b13-10+,16-14?. The van der Waals surface area contributed by atoms with Crippen molar-refractivity contribution in [1.82, 2.24) is 0 Å². The van der Waals surface area contributed by atoms with Gasteiger partial charge in [0.1, 0.15) is 17.1 Å². The summed E-state index contributed by atoms with van der Waals surface area (Å²) in [6.07, 6.45) is 9.03. The van der Waals surface area contributed by atoms with Gasteiger partial charge in [-0.1, -0.05) is 44.4 Å². The zero-order valence-electron chi connectivity index (χ0n) is 18.8. The van der Waals surface area contributed by atoms with Gasteiger partial charge in [-0.2, -0.15) is 0 Å². The van der Waals surface area contributed by atoms with Crippen LogP contribution in [0.5, 0.6) is 5.75 Å². The van der Waals surface area contributed by atoms with Crippen molar-refractivity contribution in [3.8, 4) is 5.75 Å². The quantitative estimate of drug-likeness (QED) is 0.158. The van der Waals surface area contributed by atoms with Gasteiger partial charge in [0.25, 0.3) is 0 Å². The minimum Gasteiger partial charge on any atom is -0.507 e. The maximum atomic E-state index is 12.7. The number of ketones is 1. The van der Waals surface area contributed by atoms with Gasteiger partial charge in [0.15, 0.2) is 5.78 Å². The normalized spacial score (nSPS) is 13.9. The SMILES string of the molecule is CCCCCC(C)=CC(O)C(C)C(=O)c1c(O)cc(CCC/C=C/C(=O)OC)oc1=O. The molecule has 0 fully saturated rings. The summed E-state index contributed by atoms with van der Waals surface area (Å²) in [5.74, 6) is -2.23. The van der Waals surface area contributed by atoms with Gasteiger partial charge in [0, 0.05) is 24.5 Å². The molecule has 7 nitrogen and oxygen atoms in total. The highest BCUT2D eigenvalue weighted by molar-refractivity contribution is 6.00. The van der Waals surface area contributed by atoms with Gasteiger partial charge in [-0.15, -0.1) is 0 Å². The molecule has 0 aromatic carbocycles. The molecule has 1 aromatic rings. The van der Waals surface area contributed by atoms with Crippen molar-refractivity contribution < 1.29 is 29.0 Å². The van der Waals surface area contributed by atoms with Gasteiger partial charge in [-0.05, 0) is 32.6 Å². The van der Waals surface area contributed by atoms with Crippen LogP contribution in [0.1, 0.15) is 75.4 Å². The number of aromatic hydroxyl groups is 1. The number of allylic oxidation sites excluding steroid dienone is 2. The van der Waals surface area contributed by atoms with Crippen molar-refractivity contribution in [2.24, 2.45) is 5.92 Å². The van der Waals surface area contributed by atoms with Crippen LogP contribution in [0, 0.1) is 5.92 Å². The summed E-state index contributed by atoms with van der Waals surface area (Å²) < 4.78 is 9.68. The van der Waals surface area contributed by atoms with E-state index in [0.29, 0.717) is 19.3 Å². The van der Waals surface area contributed by atoms with Crippen molar-refractivity contribution in [3.05, 3.63) is 51.6 Å². The van der Waals surface area contributed by atoms with E-state index in [1.54, 1.807) is 12.2 Å². The Morgan fingerprint density at radius 1 is 1.26 bits per heavy atom. The molecule has 0 bridgehead atoms. The Hall–Kier alpha value is -2.67. The maximum Gasteiger partial charge on any atom is 0.350 e. The summed E-state index contributed by atoms with van der Waals surface area (Å²) in [5.41, 5.74) is -0.390. The van der Waals surface area contributed by atoms with Crippen LogP contribution in [0.4, 0.5) is 0 Å². The highest BCUT2D eigenvalue weighted by Crippen LogP contribution is 2.22. The minimum absolute atomic E-state index is 0.241. The molecular formula is C24H34O7. The number of hydrogen-bond donors (Lipinski definition) is 2. The minimum atomic E-state index is -1.06. The Bertz CT molecular complexity index is 848. The fourth-order valence-electron chi connectivity index (χ4n) is 3.08. The highest BCUT2D eigenvalue weighted by Gasteiger charge is 2.28. The second kappa shape index (κ2) is 13.6. The number of methoxy groups -OCH3 is 1. The molecular weight excluding hydrogens is 400 g/mol. The molecule has 7 heteroatoms. The molecule has 0 aliphatic rings. The molecule has 31 heavy (non-hydrogen) atoms. The second-order valence-corrected chi connectivity index (χ2v) is 7.69. The lowest BCUT2D eigenvalue weighted by molar-refractivity contribution is -0.134. The zero-order chi connectivity index (χ0) is 23.4. The van der Waals surface area contributed by atoms with Gasteiger partial charge < -0.3 is 19.4 Å². The van der Waals surface area contributed by atoms with Crippen LogP contribution in [0.25, 0.3) is 0 Å². The van der Waals surface area contributed by atoms with E-state index in [1.807, 2.05) is 6.92 Å². The number of aliphatic hydroxyl groups is 1. The van der Waals surface area contributed by atoms with E-state index in [4.69, 9.17) is 4.42 Å². The number of aryl methyl sites for hydroxylation is 1. The lowest BCUT2D eigenvalue weighted by Gasteiger charge is -2.16. The summed E-state index contributed by atoms with van der Waals surface area (Å²) in [5, 5.41) is 20.6. The molecule has 0 saturated carbocycles. The molecule has 0 aliphatic heterocycles. The van der Waals surface area contributed by atoms with Crippen molar-refractivity contribution in [2.75, 3.05) is 7.11 Å². The van der Waals surface area contributed by atoms with Gasteiger partial charge in [-0.3, -0.25) is 4.79 Å². The van der Waals surface area contributed by atoms with Crippen LogP contribution in [0.15, 0.2) is 39.1 Å². The first-order valence-electron chi connectivity index (χ1n) is 10.7. The summed E-state index contributed by atoms with van der Waals surface area (Å²) >= 11 is 0. The summed E-state index contributed by atoms with van der Waals surface area (Å²) in [7, 11) is 1.29. The first-order valence-corrected chi connectivity index (χ1v) is 10.7.